The molecule has 3 aromatic rings. The van der Waals surface area contributed by atoms with Gasteiger partial charge in [-0.2, -0.15) is 4.99 Å². The van der Waals surface area contributed by atoms with E-state index in [0.29, 0.717) is 21.9 Å². The van der Waals surface area contributed by atoms with Gasteiger partial charge in [0.1, 0.15) is 11.5 Å². The van der Waals surface area contributed by atoms with E-state index in [9.17, 15) is 4.79 Å². The predicted octanol–water partition coefficient (Wildman–Crippen LogP) is 4.07. The zero-order chi connectivity index (χ0) is 19.4. The van der Waals surface area contributed by atoms with E-state index in [1.54, 1.807) is 32.4 Å². The van der Waals surface area contributed by atoms with E-state index in [2.05, 4.69) is 24.0 Å². The molecule has 0 aliphatic carbocycles. The fourth-order valence-electron chi connectivity index (χ4n) is 2.88. The molecule has 27 heavy (non-hydrogen) atoms. The number of benzene rings is 2. The molecule has 0 aliphatic heterocycles. The minimum Gasteiger partial charge on any atom is -0.497 e. The van der Waals surface area contributed by atoms with Crippen molar-refractivity contribution in [2.75, 3.05) is 14.2 Å². The molecule has 0 spiro atoms. The van der Waals surface area contributed by atoms with Crippen LogP contribution in [0, 0.1) is 0 Å². The Labute approximate surface area is 162 Å². The lowest BCUT2D eigenvalue weighted by molar-refractivity contribution is 0.0997. The minimum atomic E-state index is -0.327. The van der Waals surface area contributed by atoms with Gasteiger partial charge in [-0.3, -0.25) is 4.79 Å². The monoisotopic (exact) mass is 382 g/mol. The molecule has 2 aromatic carbocycles. The van der Waals surface area contributed by atoms with Gasteiger partial charge in [0.2, 0.25) is 0 Å². The van der Waals surface area contributed by atoms with Gasteiger partial charge in [-0.05, 0) is 24.1 Å². The molecule has 0 N–H and O–H groups in total. The quantitative estimate of drug-likeness (QED) is 0.668. The van der Waals surface area contributed by atoms with Crippen LogP contribution in [-0.2, 0) is 13.5 Å². The molecule has 140 valence electrons. The fraction of sp³-hybridized carbons (Fsp3) is 0.238. The second-order valence-corrected chi connectivity index (χ2v) is 7.02. The average Bonchev–Trinajstić information content (AvgIpc) is 3.03. The van der Waals surface area contributed by atoms with Crippen molar-refractivity contribution in [1.29, 1.82) is 0 Å². The number of ether oxygens (including phenoxy) is 2. The third kappa shape index (κ3) is 3.95. The Kier molecular flexibility index (Phi) is 5.76. The highest BCUT2D eigenvalue weighted by Gasteiger charge is 2.14. The van der Waals surface area contributed by atoms with Crippen LogP contribution in [0.4, 0.5) is 0 Å². The fourth-order valence-corrected chi connectivity index (χ4v) is 3.95. The molecule has 0 unspecified atom stereocenters. The Hall–Kier alpha value is -2.86. The van der Waals surface area contributed by atoms with Gasteiger partial charge in [-0.25, -0.2) is 0 Å². The number of carbonyl (C=O) groups excluding carboxylic acids is 1. The van der Waals surface area contributed by atoms with Crippen molar-refractivity contribution >= 4 is 17.2 Å². The molecule has 6 heteroatoms. The number of methoxy groups -OCH3 is 2. The topological polar surface area (TPSA) is 52.8 Å². The van der Waals surface area contributed by atoms with E-state index in [4.69, 9.17) is 9.47 Å². The van der Waals surface area contributed by atoms with E-state index < -0.39 is 0 Å². The minimum absolute atomic E-state index is 0.327. The van der Waals surface area contributed by atoms with Gasteiger partial charge in [0, 0.05) is 23.6 Å². The van der Waals surface area contributed by atoms with Gasteiger partial charge < -0.3 is 14.0 Å². The molecule has 1 aromatic heterocycles. The average molecular weight is 382 g/mol. The summed E-state index contributed by atoms with van der Waals surface area (Å²) in [6, 6.07) is 15.2. The Morgan fingerprint density at radius 1 is 1.07 bits per heavy atom. The zero-order valence-electron chi connectivity index (χ0n) is 15.9. The van der Waals surface area contributed by atoms with Gasteiger partial charge in [0.05, 0.1) is 19.9 Å². The number of amides is 1. The maximum atomic E-state index is 12.8. The third-order valence-corrected chi connectivity index (χ3v) is 5.54. The van der Waals surface area contributed by atoms with Crippen LogP contribution in [0.5, 0.6) is 11.5 Å². The number of aromatic nitrogens is 1. The molecule has 0 atom stereocenters. The lowest BCUT2D eigenvalue weighted by Crippen LogP contribution is -2.14. The maximum absolute atomic E-state index is 12.8. The van der Waals surface area contributed by atoms with Gasteiger partial charge >= 0.3 is 0 Å². The highest BCUT2D eigenvalue weighted by molar-refractivity contribution is 7.09. The molecule has 0 radical (unpaired) electrons. The largest absolute Gasteiger partial charge is 0.497 e. The van der Waals surface area contributed by atoms with Crippen molar-refractivity contribution < 1.29 is 14.3 Å². The molecule has 0 saturated heterocycles. The lowest BCUT2D eigenvalue weighted by atomic mass is 10.1. The molecule has 0 aliphatic rings. The molecule has 0 saturated carbocycles. The summed E-state index contributed by atoms with van der Waals surface area (Å²) < 4.78 is 12.5. The predicted molar refractivity (Wildman–Crippen MR) is 108 cm³/mol. The van der Waals surface area contributed by atoms with Gasteiger partial charge in [-0.15, -0.1) is 11.3 Å². The number of carbonyl (C=O) groups is 1. The molecule has 5 nitrogen and oxygen atoms in total. The molecule has 0 fully saturated rings. The standard InChI is InChI=1S/C21H22N2O3S/c1-5-18-19(14-9-7-6-8-10-14)23(2)21(27-18)22-20(24)15-11-16(25-3)13-17(12-15)26-4/h6-13H,5H2,1-4H3. The van der Waals surface area contributed by atoms with Crippen LogP contribution in [0.2, 0.25) is 0 Å². The zero-order valence-corrected chi connectivity index (χ0v) is 16.7. The normalized spacial score (nSPS) is 11.5. The van der Waals surface area contributed by atoms with E-state index in [1.165, 1.54) is 16.2 Å². The Balaban J connectivity index is 2.08. The van der Waals surface area contributed by atoms with Crippen molar-refractivity contribution in [3.8, 4) is 22.8 Å². The summed E-state index contributed by atoms with van der Waals surface area (Å²) in [5, 5.41) is 0. The number of aryl methyl sites for hydroxylation is 1. The number of thiazole rings is 1. The second kappa shape index (κ2) is 8.22. The summed E-state index contributed by atoms with van der Waals surface area (Å²) in [5.74, 6) is 0.789. The Morgan fingerprint density at radius 2 is 1.70 bits per heavy atom. The van der Waals surface area contributed by atoms with E-state index >= 15 is 0 Å². The second-order valence-electron chi connectivity index (χ2n) is 5.95. The number of nitrogens with zero attached hydrogens (tertiary/aromatic N) is 2. The Morgan fingerprint density at radius 3 is 2.26 bits per heavy atom. The maximum Gasteiger partial charge on any atom is 0.279 e. The van der Waals surface area contributed by atoms with Crippen LogP contribution in [0.3, 0.4) is 0 Å². The van der Waals surface area contributed by atoms with Gasteiger partial charge in [-0.1, -0.05) is 37.3 Å². The van der Waals surface area contributed by atoms with Crippen LogP contribution >= 0.6 is 11.3 Å². The lowest BCUT2D eigenvalue weighted by Gasteiger charge is -2.06. The molecule has 1 heterocycles. The first-order valence-corrected chi connectivity index (χ1v) is 9.45. The van der Waals surface area contributed by atoms with E-state index in [0.717, 1.165) is 17.7 Å². The highest BCUT2D eigenvalue weighted by Crippen LogP contribution is 2.26. The van der Waals surface area contributed by atoms with Crippen molar-refractivity contribution in [2.45, 2.75) is 13.3 Å². The van der Waals surface area contributed by atoms with Crippen LogP contribution in [0.25, 0.3) is 11.3 Å². The molecular formula is C21H22N2O3S. The summed E-state index contributed by atoms with van der Waals surface area (Å²) in [4.78, 5) is 19.0. The number of hydrogen-bond acceptors (Lipinski definition) is 4. The van der Waals surface area contributed by atoms with Crippen molar-refractivity contribution in [3.63, 3.8) is 0 Å². The smallest absolute Gasteiger partial charge is 0.279 e. The summed E-state index contributed by atoms with van der Waals surface area (Å²) in [6.45, 7) is 2.11. The van der Waals surface area contributed by atoms with Gasteiger partial charge in [0.25, 0.3) is 5.91 Å². The first-order chi connectivity index (χ1) is 13.1. The van der Waals surface area contributed by atoms with Crippen molar-refractivity contribution in [3.05, 3.63) is 63.8 Å². The number of rotatable bonds is 5. The van der Waals surface area contributed by atoms with Crippen molar-refractivity contribution in [2.24, 2.45) is 12.0 Å². The highest BCUT2D eigenvalue weighted by atomic mass is 32.1. The summed E-state index contributed by atoms with van der Waals surface area (Å²) in [7, 11) is 5.05. The van der Waals surface area contributed by atoms with Crippen LogP contribution < -0.4 is 14.3 Å². The Bertz CT molecular complexity index is 997. The van der Waals surface area contributed by atoms with Crippen LogP contribution in [-0.4, -0.2) is 24.7 Å². The van der Waals surface area contributed by atoms with Crippen LogP contribution in [0.15, 0.2) is 53.5 Å². The summed E-state index contributed by atoms with van der Waals surface area (Å²) in [6.07, 6.45) is 0.874. The van der Waals surface area contributed by atoms with Gasteiger partial charge in [0.15, 0.2) is 4.80 Å². The third-order valence-electron chi connectivity index (χ3n) is 4.26. The summed E-state index contributed by atoms with van der Waals surface area (Å²) in [5.41, 5.74) is 2.64. The molecular weight excluding hydrogens is 360 g/mol. The SMILES string of the molecule is CCc1sc(=NC(=O)c2cc(OC)cc(OC)c2)n(C)c1-c1ccccc1. The first-order valence-electron chi connectivity index (χ1n) is 8.63. The molecule has 1 amide bonds. The molecule has 3 rings (SSSR count). The number of hydrogen-bond donors (Lipinski definition) is 0. The summed E-state index contributed by atoms with van der Waals surface area (Å²) >= 11 is 1.54. The molecule has 0 bridgehead atoms. The van der Waals surface area contributed by atoms with E-state index in [-0.39, 0.29) is 5.91 Å². The first kappa shape index (κ1) is 18.9. The van der Waals surface area contributed by atoms with Crippen molar-refractivity contribution in [1.82, 2.24) is 4.57 Å². The van der Waals surface area contributed by atoms with Crippen LogP contribution in [0.1, 0.15) is 22.2 Å². The van der Waals surface area contributed by atoms with E-state index in [1.807, 2.05) is 29.8 Å².